The zero-order valence-electron chi connectivity index (χ0n) is 16.2. The average Bonchev–Trinajstić information content (AvgIpc) is 3.00. The van der Waals surface area contributed by atoms with E-state index < -0.39 is 6.17 Å². The molecule has 1 aliphatic heterocycles. The van der Waals surface area contributed by atoms with Crippen LogP contribution in [0.2, 0.25) is 0 Å². The minimum absolute atomic E-state index is 0.0542. The number of carbonyl (C=O) groups is 1. The Morgan fingerprint density at radius 2 is 1.52 bits per heavy atom. The molecule has 1 aliphatic rings. The standard InChI is InChI=1S/C21H24N2O4/c1-22-13-16(14-9-7-6-8-10-14)23(2)21(22)19(24)15-11-17(25-3)20(27-5)18(12-15)26-4/h6-13,21H,1-5H3. The third-order valence-electron chi connectivity index (χ3n) is 4.71. The van der Waals surface area contributed by atoms with Gasteiger partial charge in [-0.25, -0.2) is 0 Å². The molecule has 0 fully saturated rings. The zero-order chi connectivity index (χ0) is 19.6. The summed E-state index contributed by atoms with van der Waals surface area (Å²) in [6.07, 6.45) is 1.53. The Morgan fingerprint density at radius 3 is 2.04 bits per heavy atom. The lowest BCUT2D eigenvalue weighted by Gasteiger charge is -2.28. The number of Topliss-reactive ketones (excluding diaryl/α,β-unsaturated/α-hetero) is 1. The maximum Gasteiger partial charge on any atom is 0.206 e. The van der Waals surface area contributed by atoms with E-state index in [2.05, 4.69) is 0 Å². The van der Waals surface area contributed by atoms with Crippen LogP contribution in [0, 0.1) is 0 Å². The molecule has 1 atom stereocenters. The number of hydrogen-bond acceptors (Lipinski definition) is 6. The van der Waals surface area contributed by atoms with Gasteiger partial charge in [-0.2, -0.15) is 0 Å². The molecule has 0 N–H and O–H groups in total. The molecule has 27 heavy (non-hydrogen) atoms. The average molecular weight is 368 g/mol. The zero-order valence-corrected chi connectivity index (χ0v) is 16.2. The second-order valence-corrected chi connectivity index (χ2v) is 6.31. The van der Waals surface area contributed by atoms with Crippen LogP contribution in [0.5, 0.6) is 17.2 Å². The number of rotatable bonds is 6. The van der Waals surface area contributed by atoms with Gasteiger partial charge in [0.1, 0.15) is 0 Å². The number of ketones is 1. The lowest BCUT2D eigenvalue weighted by Crippen LogP contribution is -2.42. The Kier molecular flexibility index (Phi) is 5.26. The summed E-state index contributed by atoms with van der Waals surface area (Å²) < 4.78 is 16.1. The topological polar surface area (TPSA) is 51.2 Å². The lowest BCUT2D eigenvalue weighted by atomic mass is 10.1. The van der Waals surface area contributed by atoms with E-state index >= 15 is 0 Å². The van der Waals surface area contributed by atoms with E-state index in [-0.39, 0.29) is 5.78 Å². The summed E-state index contributed by atoms with van der Waals surface area (Å²) in [7, 11) is 8.43. The van der Waals surface area contributed by atoms with Crippen LogP contribution < -0.4 is 14.2 Å². The number of nitrogens with zero attached hydrogens (tertiary/aromatic N) is 2. The molecule has 0 amide bonds. The van der Waals surface area contributed by atoms with Crippen molar-refractivity contribution in [3.63, 3.8) is 0 Å². The van der Waals surface area contributed by atoms with Gasteiger partial charge in [-0.3, -0.25) is 4.79 Å². The summed E-state index contributed by atoms with van der Waals surface area (Å²) in [6.45, 7) is 0. The summed E-state index contributed by atoms with van der Waals surface area (Å²) in [6, 6.07) is 13.4. The normalized spacial score (nSPS) is 16.2. The highest BCUT2D eigenvalue weighted by molar-refractivity contribution is 6.02. The van der Waals surface area contributed by atoms with Gasteiger partial charge in [0.2, 0.25) is 11.5 Å². The molecule has 0 bridgehead atoms. The number of carbonyl (C=O) groups excluding carboxylic acids is 1. The minimum atomic E-state index is -0.456. The van der Waals surface area contributed by atoms with Gasteiger partial charge < -0.3 is 24.0 Å². The second kappa shape index (κ2) is 7.61. The highest BCUT2D eigenvalue weighted by atomic mass is 16.5. The molecular weight excluding hydrogens is 344 g/mol. The predicted molar refractivity (Wildman–Crippen MR) is 104 cm³/mol. The van der Waals surface area contributed by atoms with Crippen molar-refractivity contribution < 1.29 is 19.0 Å². The number of methoxy groups -OCH3 is 3. The molecule has 0 saturated carbocycles. The summed E-state index contributed by atoms with van der Waals surface area (Å²) in [5.74, 6) is 1.33. The molecule has 0 aliphatic carbocycles. The molecule has 1 heterocycles. The third-order valence-corrected chi connectivity index (χ3v) is 4.71. The fourth-order valence-corrected chi connectivity index (χ4v) is 3.38. The summed E-state index contributed by atoms with van der Waals surface area (Å²) in [5.41, 5.74) is 2.55. The van der Waals surface area contributed by atoms with Gasteiger partial charge in [-0.05, 0) is 17.7 Å². The van der Waals surface area contributed by atoms with Crippen molar-refractivity contribution >= 4 is 11.5 Å². The van der Waals surface area contributed by atoms with Crippen molar-refractivity contribution in [3.8, 4) is 17.2 Å². The van der Waals surface area contributed by atoms with E-state index in [0.29, 0.717) is 22.8 Å². The van der Waals surface area contributed by atoms with E-state index in [1.807, 2.05) is 60.4 Å². The van der Waals surface area contributed by atoms with E-state index in [4.69, 9.17) is 14.2 Å². The first-order valence-corrected chi connectivity index (χ1v) is 8.58. The van der Waals surface area contributed by atoms with Gasteiger partial charge in [0, 0.05) is 25.9 Å². The molecule has 6 nitrogen and oxygen atoms in total. The van der Waals surface area contributed by atoms with Crippen LogP contribution in [-0.2, 0) is 0 Å². The van der Waals surface area contributed by atoms with Gasteiger partial charge in [-0.15, -0.1) is 0 Å². The van der Waals surface area contributed by atoms with Crippen molar-refractivity contribution in [2.24, 2.45) is 0 Å². The van der Waals surface area contributed by atoms with Gasteiger partial charge in [0.15, 0.2) is 17.7 Å². The molecule has 0 aromatic heterocycles. The van der Waals surface area contributed by atoms with Crippen LogP contribution in [0.3, 0.4) is 0 Å². The number of ether oxygens (including phenoxy) is 3. The maximum absolute atomic E-state index is 13.3. The van der Waals surface area contributed by atoms with Crippen molar-refractivity contribution in [3.05, 3.63) is 59.8 Å². The van der Waals surface area contributed by atoms with Gasteiger partial charge >= 0.3 is 0 Å². The fourth-order valence-electron chi connectivity index (χ4n) is 3.38. The number of likely N-dealkylation sites (N-methyl/N-ethyl adjacent to an activating group) is 2. The molecule has 3 rings (SSSR count). The first-order valence-electron chi connectivity index (χ1n) is 8.58. The molecule has 2 aromatic carbocycles. The molecule has 0 spiro atoms. The van der Waals surface area contributed by atoms with E-state index in [9.17, 15) is 4.79 Å². The smallest absolute Gasteiger partial charge is 0.206 e. The van der Waals surface area contributed by atoms with Crippen molar-refractivity contribution in [2.75, 3.05) is 35.4 Å². The van der Waals surface area contributed by atoms with E-state index in [1.165, 1.54) is 21.3 Å². The molecule has 142 valence electrons. The predicted octanol–water partition coefficient (Wildman–Crippen LogP) is 3.10. The van der Waals surface area contributed by atoms with Crippen LogP contribution in [0.15, 0.2) is 48.7 Å². The Hall–Kier alpha value is -3.15. The Balaban J connectivity index is 1.95. The number of benzene rings is 2. The van der Waals surface area contributed by atoms with Crippen LogP contribution in [0.25, 0.3) is 5.70 Å². The van der Waals surface area contributed by atoms with Gasteiger partial charge in [0.05, 0.1) is 27.0 Å². The molecular formula is C21H24N2O4. The second-order valence-electron chi connectivity index (χ2n) is 6.31. The van der Waals surface area contributed by atoms with E-state index in [1.54, 1.807) is 12.1 Å². The number of hydrogen-bond donors (Lipinski definition) is 0. The van der Waals surface area contributed by atoms with Crippen LogP contribution >= 0.6 is 0 Å². The minimum Gasteiger partial charge on any atom is -0.493 e. The van der Waals surface area contributed by atoms with Crippen LogP contribution in [0.4, 0.5) is 0 Å². The molecule has 1 unspecified atom stereocenters. The fraction of sp³-hybridized carbons (Fsp3) is 0.286. The monoisotopic (exact) mass is 368 g/mol. The van der Waals surface area contributed by atoms with Gasteiger partial charge in [-0.1, -0.05) is 30.3 Å². The quantitative estimate of drug-likeness (QED) is 0.731. The molecule has 0 radical (unpaired) electrons. The first-order chi connectivity index (χ1) is 13.0. The maximum atomic E-state index is 13.3. The third kappa shape index (κ3) is 3.30. The Bertz CT molecular complexity index is 839. The van der Waals surface area contributed by atoms with Crippen LogP contribution in [0.1, 0.15) is 15.9 Å². The first kappa shape index (κ1) is 18.6. The van der Waals surface area contributed by atoms with Crippen LogP contribution in [-0.4, -0.2) is 57.2 Å². The SMILES string of the molecule is COc1cc(C(=O)C2N(C)C=C(c3ccccc3)N2C)cc(OC)c1OC. The van der Waals surface area contributed by atoms with Crippen molar-refractivity contribution in [1.29, 1.82) is 0 Å². The summed E-state index contributed by atoms with van der Waals surface area (Å²) >= 11 is 0. The molecule has 2 aromatic rings. The van der Waals surface area contributed by atoms with E-state index in [0.717, 1.165) is 11.3 Å². The van der Waals surface area contributed by atoms with Crippen molar-refractivity contribution in [2.45, 2.75) is 6.17 Å². The summed E-state index contributed by atoms with van der Waals surface area (Å²) in [5, 5.41) is 0. The largest absolute Gasteiger partial charge is 0.493 e. The van der Waals surface area contributed by atoms with Crippen molar-refractivity contribution in [1.82, 2.24) is 9.80 Å². The Morgan fingerprint density at radius 1 is 0.926 bits per heavy atom. The highest BCUT2D eigenvalue weighted by Crippen LogP contribution is 2.39. The lowest BCUT2D eigenvalue weighted by molar-refractivity contribution is 0.0793. The summed E-state index contributed by atoms with van der Waals surface area (Å²) in [4.78, 5) is 17.2. The van der Waals surface area contributed by atoms with Gasteiger partial charge in [0.25, 0.3) is 0 Å². The highest BCUT2D eigenvalue weighted by Gasteiger charge is 2.35. The Labute approximate surface area is 159 Å². The molecule has 0 saturated heterocycles. The molecule has 6 heteroatoms.